The van der Waals surface area contributed by atoms with Crippen molar-refractivity contribution in [2.24, 2.45) is 0 Å². The van der Waals surface area contributed by atoms with E-state index in [1.165, 1.54) is 24.3 Å². The second-order valence-electron chi connectivity index (χ2n) is 5.05. The van der Waals surface area contributed by atoms with E-state index < -0.39 is 17.8 Å². The molecule has 0 radical (unpaired) electrons. The number of hydrogen-bond donors (Lipinski definition) is 1. The van der Waals surface area contributed by atoms with Crippen LogP contribution in [0.1, 0.15) is 6.42 Å². The summed E-state index contributed by atoms with van der Waals surface area (Å²) in [6.45, 7) is 0. The summed E-state index contributed by atoms with van der Waals surface area (Å²) in [5, 5.41) is 3.58. The number of halogens is 3. The molecule has 3 rings (SSSR count). The average Bonchev–Trinajstić information content (AvgIpc) is 2.79. The minimum atomic E-state index is -0.747. The standard InChI is InChI=1S/C16H11Cl2FN2O2/c17-11-2-1-3-12(15(11)18)20-13-8-14(22)21(16(13)23)10-6-4-9(19)5-7-10/h1-7,13,20H,8H2/t13-/m1/s1. The quantitative estimate of drug-likeness (QED) is 0.852. The lowest BCUT2D eigenvalue weighted by Gasteiger charge is -2.16. The fourth-order valence-electron chi connectivity index (χ4n) is 2.41. The van der Waals surface area contributed by atoms with Crippen LogP contribution in [-0.2, 0) is 9.59 Å². The molecule has 1 atom stereocenters. The molecule has 4 nitrogen and oxygen atoms in total. The summed E-state index contributed by atoms with van der Waals surface area (Å²) in [4.78, 5) is 25.6. The first-order chi connectivity index (χ1) is 11.0. The molecule has 0 saturated carbocycles. The number of nitrogens with one attached hydrogen (secondary N) is 1. The van der Waals surface area contributed by atoms with Gasteiger partial charge in [0.15, 0.2) is 0 Å². The second-order valence-corrected chi connectivity index (χ2v) is 5.83. The van der Waals surface area contributed by atoms with Gasteiger partial charge >= 0.3 is 0 Å². The summed E-state index contributed by atoms with van der Waals surface area (Å²) in [5.41, 5.74) is 0.814. The summed E-state index contributed by atoms with van der Waals surface area (Å²) in [6, 6.07) is 9.42. The Bertz CT molecular complexity index is 780. The fraction of sp³-hybridized carbons (Fsp3) is 0.125. The summed E-state index contributed by atoms with van der Waals surface area (Å²) in [6.07, 6.45) is -0.0148. The second kappa shape index (κ2) is 6.18. The van der Waals surface area contributed by atoms with Gasteiger partial charge in [0.05, 0.1) is 27.8 Å². The van der Waals surface area contributed by atoms with Gasteiger partial charge < -0.3 is 5.32 Å². The monoisotopic (exact) mass is 352 g/mol. The van der Waals surface area contributed by atoms with Crippen LogP contribution < -0.4 is 10.2 Å². The van der Waals surface area contributed by atoms with E-state index in [0.29, 0.717) is 16.4 Å². The summed E-state index contributed by atoms with van der Waals surface area (Å²) in [5.74, 6) is -1.22. The molecule has 0 spiro atoms. The molecule has 118 valence electrons. The van der Waals surface area contributed by atoms with E-state index in [-0.39, 0.29) is 17.4 Å². The molecule has 0 unspecified atom stereocenters. The molecule has 2 aromatic rings. The molecular formula is C16H11Cl2FN2O2. The SMILES string of the molecule is O=C1C[C@@H](Nc2cccc(Cl)c2Cl)C(=O)N1c1ccc(F)cc1. The molecule has 1 aliphatic heterocycles. The van der Waals surface area contributed by atoms with E-state index in [9.17, 15) is 14.0 Å². The van der Waals surface area contributed by atoms with Crippen molar-refractivity contribution < 1.29 is 14.0 Å². The van der Waals surface area contributed by atoms with E-state index in [2.05, 4.69) is 5.32 Å². The molecule has 0 aliphatic carbocycles. The van der Waals surface area contributed by atoms with Crippen LogP contribution >= 0.6 is 23.2 Å². The number of rotatable bonds is 3. The van der Waals surface area contributed by atoms with Gasteiger partial charge in [-0.2, -0.15) is 0 Å². The maximum Gasteiger partial charge on any atom is 0.256 e. The van der Waals surface area contributed by atoms with Crippen LogP contribution in [0, 0.1) is 5.82 Å². The van der Waals surface area contributed by atoms with Crippen molar-refractivity contribution in [1.82, 2.24) is 0 Å². The Labute approximate surface area is 141 Å². The minimum Gasteiger partial charge on any atom is -0.372 e. The van der Waals surface area contributed by atoms with Gasteiger partial charge in [-0.1, -0.05) is 29.3 Å². The first-order valence-electron chi connectivity index (χ1n) is 6.80. The van der Waals surface area contributed by atoms with Crippen molar-refractivity contribution in [2.45, 2.75) is 12.5 Å². The van der Waals surface area contributed by atoms with Crippen LogP contribution in [0.25, 0.3) is 0 Å². The van der Waals surface area contributed by atoms with Crippen LogP contribution in [0.4, 0.5) is 15.8 Å². The average molecular weight is 353 g/mol. The lowest BCUT2D eigenvalue weighted by atomic mass is 10.2. The molecule has 1 N–H and O–H groups in total. The number of imide groups is 1. The van der Waals surface area contributed by atoms with Crippen molar-refractivity contribution in [2.75, 3.05) is 10.2 Å². The van der Waals surface area contributed by atoms with Gasteiger partial charge in [0.1, 0.15) is 11.9 Å². The van der Waals surface area contributed by atoms with Crippen LogP contribution in [0.2, 0.25) is 10.0 Å². The van der Waals surface area contributed by atoms with Crippen molar-refractivity contribution in [3.63, 3.8) is 0 Å². The number of anilines is 2. The molecule has 7 heteroatoms. The molecule has 0 bridgehead atoms. The van der Waals surface area contributed by atoms with Crippen molar-refractivity contribution in [1.29, 1.82) is 0 Å². The van der Waals surface area contributed by atoms with E-state index >= 15 is 0 Å². The van der Waals surface area contributed by atoms with Crippen molar-refractivity contribution >= 4 is 46.4 Å². The summed E-state index contributed by atoms with van der Waals surface area (Å²) >= 11 is 12.0. The predicted molar refractivity (Wildman–Crippen MR) is 87.4 cm³/mol. The molecule has 1 fully saturated rings. The van der Waals surface area contributed by atoms with E-state index in [1.54, 1.807) is 18.2 Å². The highest BCUT2D eigenvalue weighted by atomic mass is 35.5. The lowest BCUT2D eigenvalue weighted by Crippen LogP contribution is -2.34. The Balaban J connectivity index is 1.84. The third kappa shape index (κ3) is 3.02. The van der Waals surface area contributed by atoms with Crippen molar-refractivity contribution in [3.8, 4) is 0 Å². The third-order valence-electron chi connectivity index (χ3n) is 3.51. The third-order valence-corrected chi connectivity index (χ3v) is 4.33. The summed E-state index contributed by atoms with van der Waals surface area (Å²) < 4.78 is 13.0. The number of carbonyl (C=O) groups is 2. The van der Waals surface area contributed by atoms with E-state index in [1.807, 2.05) is 0 Å². The molecule has 2 amide bonds. The Morgan fingerprint density at radius 3 is 2.48 bits per heavy atom. The van der Waals surface area contributed by atoms with Gasteiger partial charge in [0.25, 0.3) is 5.91 Å². The number of nitrogens with zero attached hydrogens (tertiary/aromatic N) is 1. The predicted octanol–water partition coefficient (Wildman–Crippen LogP) is 3.88. The Morgan fingerprint density at radius 2 is 1.78 bits per heavy atom. The normalized spacial score (nSPS) is 17.7. The molecule has 0 aromatic heterocycles. The van der Waals surface area contributed by atoms with Gasteiger partial charge in [-0.3, -0.25) is 9.59 Å². The highest BCUT2D eigenvalue weighted by Crippen LogP contribution is 2.32. The molecular weight excluding hydrogens is 342 g/mol. The molecule has 23 heavy (non-hydrogen) atoms. The zero-order chi connectivity index (χ0) is 16.6. The van der Waals surface area contributed by atoms with Gasteiger partial charge in [-0.15, -0.1) is 0 Å². The number of benzene rings is 2. The largest absolute Gasteiger partial charge is 0.372 e. The van der Waals surface area contributed by atoms with Crippen molar-refractivity contribution in [3.05, 3.63) is 58.3 Å². The van der Waals surface area contributed by atoms with E-state index in [4.69, 9.17) is 23.2 Å². The van der Waals surface area contributed by atoms with Gasteiger partial charge in [0, 0.05) is 0 Å². The number of hydrogen-bond acceptors (Lipinski definition) is 3. The van der Waals surface area contributed by atoms with Crippen LogP contribution in [0.5, 0.6) is 0 Å². The fourth-order valence-corrected chi connectivity index (χ4v) is 2.76. The Morgan fingerprint density at radius 1 is 1.09 bits per heavy atom. The molecule has 2 aromatic carbocycles. The first-order valence-corrected chi connectivity index (χ1v) is 7.56. The number of carbonyl (C=O) groups excluding carboxylic acids is 2. The van der Waals surface area contributed by atoms with Crippen LogP contribution in [0.3, 0.4) is 0 Å². The van der Waals surface area contributed by atoms with E-state index in [0.717, 1.165) is 4.90 Å². The summed E-state index contributed by atoms with van der Waals surface area (Å²) in [7, 11) is 0. The maximum absolute atomic E-state index is 13.0. The number of amides is 2. The zero-order valence-electron chi connectivity index (χ0n) is 11.7. The highest BCUT2D eigenvalue weighted by molar-refractivity contribution is 6.43. The Kier molecular flexibility index (Phi) is 4.24. The zero-order valence-corrected chi connectivity index (χ0v) is 13.2. The first kappa shape index (κ1) is 15.8. The molecule has 1 aliphatic rings. The minimum absolute atomic E-state index is 0.0148. The Hall–Kier alpha value is -2.11. The highest BCUT2D eigenvalue weighted by Gasteiger charge is 2.39. The van der Waals surface area contributed by atoms with Gasteiger partial charge in [0.2, 0.25) is 5.91 Å². The van der Waals surface area contributed by atoms with Crippen LogP contribution in [0.15, 0.2) is 42.5 Å². The van der Waals surface area contributed by atoms with Gasteiger partial charge in [-0.05, 0) is 36.4 Å². The molecule has 1 saturated heterocycles. The topological polar surface area (TPSA) is 49.4 Å². The van der Waals surface area contributed by atoms with Gasteiger partial charge in [-0.25, -0.2) is 9.29 Å². The maximum atomic E-state index is 13.0. The van der Waals surface area contributed by atoms with Crippen LogP contribution in [-0.4, -0.2) is 17.9 Å². The smallest absolute Gasteiger partial charge is 0.256 e. The lowest BCUT2D eigenvalue weighted by molar-refractivity contribution is -0.121. The molecule has 1 heterocycles.